The van der Waals surface area contributed by atoms with Crippen molar-refractivity contribution in [2.24, 2.45) is 0 Å². The molecule has 0 amide bonds. The molecule has 21 heavy (non-hydrogen) atoms. The number of nitrogens with zero attached hydrogens (tertiary/aromatic N) is 1. The molecule has 3 rings (SSSR count). The normalized spacial score (nSPS) is 10.5. The predicted octanol–water partition coefficient (Wildman–Crippen LogP) is 5.42. The lowest BCUT2D eigenvalue weighted by atomic mass is 10.2. The van der Waals surface area contributed by atoms with Crippen molar-refractivity contribution in [3.8, 4) is 6.07 Å². The second kappa shape index (κ2) is 6.18. The lowest BCUT2D eigenvalue weighted by Gasteiger charge is -2.08. The molecule has 0 aliphatic rings. The third-order valence-corrected chi connectivity index (χ3v) is 5.11. The molecule has 3 aromatic rings. The fourth-order valence-electron chi connectivity index (χ4n) is 2.01. The van der Waals surface area contributed by atoms with E-state index >= 15 is 0 Å². The van der Waals surface area contributed by atoms with Crippen LogP contribution in [0.15, 0.2) is 47.5 Å². The van der Waals surface area contributed by atoms with Gasteiger partial charge >= 0.3 is 0 Å². The minimum Gasteiger partial charge on any atom is -0.358 e. The van der Waals surface area contributed by atoms with Crippen molar-refractivity contribution in [2.75, 3.05) is 4.72 Å². The highest BCUT2D eigenvalue weighted by Crippen LogP contribution is 2.34. The minimum atomic E-state index is 0.654. The van der Waals surface area contributed by atoms with Gasteiger partial charge in [-0.2, -0.15) is 5.26 Å². The highest BCUT2D eigenvalue weighted by Gasteiger charge is 2.10. The zero-order chi connectivity index (χ0) is 14.8. The fourth-order valence-corrected chi connectivity index (χ4v) is 3.92. The van der Waals surface area contributed by atoms with E-state index in [0.29, 0.717) is 10.6 Å². The van der Waals surface area contributed by atoms with Gasteiger partial charge in [-0.1, -0.05) is 23.7 Å². The summed E-state index contributed by atoms with van der Waals surface area (Å²) in [6.45, 7) is 0. The molecular formula is C15H9ClIN3S. The summed E-state index contributed by atoms with van der Waals surface area (Å²) < 4.78 is 4.39. The first kappa shape index (κ1) is 14.6. The number of aromatic nitrogens is 1. The molecule has 1 aromatic heterocycles. The van der Waals surface area contributed by atoms with Crippen LogP contribution in [0.4, 0.5) is 5.69 Å². The largest absolute Gasteiger partial charge is 0.358 e. The summed E-state index contributed by atoms with van der Waals surface area (Å²) >= 11 is 9.88. The molecule has 0 fully saturated rings. The summed E-state index contributed by atoms with van der Waals surface area (Å²) in [6.07, 6.45) is 1.79. The smallest absolute Gasteiger partial charge is 0.100 e. The van der Waals surface area contributed by atoms with Crippen molar-refractivity contribution in [1.82, 2.24) is 4.98 Å². The Labute approximate surface area is 145 Å². The molecule has 0 atom stereocenters. The monoisotopic (exact) mass is 425 g/mol. The maximum absolute atomic E-state index is 9.11. The topological polar surface area (TPSA) is 51.6 Å². The number of nitrogens with one attached hydrogen (secondary N) is 2. The van der Waals surface area contributed by atoms with Gasteiger partial charge in [0.25, 0.3) is 0 Å². The maximum atomic E-state index is 9.11. The van der Waals surface area contributed by atoms with Gasteiger partial charge in [-0.25, -0.2) is 0 Å². The van der Waals surface area contributed by atoms with Gasteiger partial charge in [0.05, 0.1) is 21.8 Å². The van der Waals surface area contributed by atoms with Gasteiger partial charge in [-0.15, -0.1) is 0 Å². The second-order valence-corrected chi connectivity index (χ2v) is 6.71. The van der Waals surface area contributed by atoms with Crippen LogP contribution in [0.5, 0.6) is 0 Å². The molecule has 1 heterocycles. The Balaban J connectivity index is 1.93. The molecule has 0 aliphatic carbocycles. The van der Waals surface area contributed by atoms with Crippen molar-refractivity contribution in [1.29, 1.82) is 5.26 Å². The van der Waals surface area contributed by atoms with E-state index < -0.39 is 0 Å². The Bertz CT molecular complexity index is 854. The van der Waals surface area contributed by atoms with E-state index in [1.165, 1.54) is 11.9 Å². The van der Waals surface area contributed by atoms with E-state index in [4.69, 9.17) is 16.9 Å². The first-order valence-electron chi connectivity index (χ1n) is 6.08. The Kier molecular flexibility index (Phi) is 4.29. The zero-order valence-electron chi connectivity index (χ0n) is 10.7. The average molecular weight is 426 g/mol. The van der Waals surface area contributed by atoms with Crippen molar-refractivity contribution in [3.63, 3.8) is 0 Å². The second-order valence-electron chi connectivity index (χ2n) is 4.29. The van der Waals surface area contributed by atoms with Crippen LogP contribution in [0.1, 0.15) is 5.56 Å². The maximum Gasteiger partial charge on any atom is 0.100 e. The van der Waals surface area contributed by atoms with Crippen LogP contribution < -0.4 is 4.72 Å². The molecule has 2 N–H and O–H groups in total. The summed E-state index contributed by atoms with van der Waals surface area (Å²) in [5, 5.41) is 10.8. The van der Waals surface area contributed by atoms with Crippen LogP contribution in [-0.4, -0.2) is 4.98 Å². The van der Waals surface area contributed by atoms with E-state index in [2.05, 4.69) is 38.4 Å². The molecule has 0 saturated heterocycles. The van der Waals surface area contributed by atoms with Gasteiger partial charge in [-0.3, -0.25) is 0 Å². The van der Waals surface area contributed by atoms with Gasteiger partial charge in [0.1, 0.15) is 6.07 Å². The fraction of sp³-hybridized carbons (Fsp3) is 0. The number of hydrogen-bond acceptors (Lipinski definition) is 3. The molecule has 0 bridgehead atoms. The van der Waals surface area contributed by atoms with E-state index in [1.807, 2.05) is 30.3 Å². The van der Waals surface area contributed by atoms with Crippen LogP contribution >= 0.6 is 46.1 Å². The van der Waals surface area contributed by atoms with E-state index in [0.717, 1.165) is 25.1 Å². The number of nitriles is 1. The number of rotatable bonds is 3. The van der Waals surface area contributed by atoms with E-state index in [1.54, 1.807) is 12.3 Å². The Morgan fingerprint density at radius 1 is 1.24 bits per heavy atom. The lowest BCUT2D eigenvalue weighted by Crippen LogP contribution is -1.91. The van der Waals surface area contributed by atoms with Crippen molar-refractivity contribution in [2.45, 2.75) is 4.90 Å². The molecule has 0 aliphatic heterocycles. The number of benzene rings is 2. The summed E-state index contributed by atoms with van der Waals surface area (Å²) in [4.78, 5) is 4.08. The first-order chi connectivity index (χ1) is 10.2. The summed E-state index contributed by atoms with van der Waals surface area (Å²) in [5.41, 5.74) is 2.56. The van der Waals surface area contributed by atoms with Gasteiger partial charge in [0.2, 0.25) is 0 Å². The Morgan fingerprint density at radius 2 is 2.05 bits per heavy atom. The van der Waals surface area contributed by atoms with Crippen LogP contribution in [0.25, 0.3) is 10.9 Å². The van der Waals surface area contributed by atoms with Crippen molar-refractivity contribution in [3.05, 3.63) is 56.8 Å². The van der Waals surface area contributed by atoms with Gasteiger partial charge in [0, 0.05) is 20.0 Å². The van der Waals surface area contributed by atoms with Crippen LogP contribution in [-0.2, 0) is 0 Å². The molecule has 3 nitrogen and oxygen atoms in total. The van der Waals surface area contributed by atoms with Gasteiger partial charge in [-0.05, 0) is 58.8 Å². The van der Waals surface area contributed by atoms with Crippen LogP contribution in [0, 0.1) is 14.9 Å². The van der Waals surface area contributed by atoms with Crippen LogP contribution in [0.2, 0.25) is 5.02 Å². The van der Waals surface area contributed by atoms with Crippen LogP contribution in [0.3, 0.4) is 0 Å². The Morgan fingerprint density at radius 3 is 2.86 bits per heavy atom. The molecular weight excluding hydrogens is 417 g/mol. The number of aromatic amines is 1. The molecule has 0 spiro atoms. The number of hydrogen-bond donors (Lipinski definition) is 2. The van der Waals surface area contributed by atoms with Gasteiger partial charge in [0.15, 0.2) is 0 Å². The third-order valence-electron chi connectivity index (χ3n) is 3.02. The van der Waals surface area contributed by atoms with Crippen molar-refractivity contribution >= 4 is 62.7 Å². The van der Waals surface area contributed by atoms with Crippen molar-refractivity contribution < 1.29 is 0 Å². The number of halogens is 2. The highest BCUT2D eigenvalue weighted by atomic mass is 127. The number of H-pyrrole nitrogens is 1. The predicted molar refractivity (Wildman–Crippen MR) is 96.7 cm³/mol. The quantitative estimate of drug-likeness (QED) is 0.435. The summed E-state index contributed by atoms with van der Waals surface area (Å²) in [6, 6.07) is 13.7. The third kappa shape index (κ3) is 2.84. The van der Waals surface area contributed by atoms with E-state index in [9.17, 15) is 0 Å². The number of anilines is 1. The molecule has 0 saturated carbocycles. The molecule has 0 radical (unpaired) electrons. The molecule has 0 unspecified atom stereocenters. The zero-order valence-corrected chi connectivity index (χ0v) is 14.4. The summed E-state index contributed by atoms with van der Waals surface area (Å²) in [7, 11) is 0. The SMILES string of the molecule is N#Cc1ccccc1SNc1ccc(I)c2c(Cl)c[nH]c12. The molecule has 6 heteroatoms. The standard InChI is InChI=1S/C15H9ClIN3S/c16-10-8-19-15-12(6-5-11(17)14(10)15)20-21-13-4-2-1-3-9(13)7-18/h1-6,8,19-20H. The Hall–Kier alpha value is -1.36. The van der Waals surface area contributed by atoms with E-state index in [-0.39, 0.29) is 0 Å². The number of fused-ring (bicyclic) bond motifs is 1. The average Bonchev–Trinajstić information content (AvgIpc) is 2.90. The first-order valence-corrected chi connectivity index (χ1v) is 8.35. The molecule has 104 valence electrons. The summed E-state index contributed by atoms with van der Waals surface area (Å²) in [5.74, 6) is 0. The minimum absolute atomic E-state index is 0.654. The highest BCUT2D eigenvalue weighted by molar-refractivity contribution is 14.1. The molecule has 2 aromatic carbocycles. The van der Waals surface area contributed by atoms with Gasteiger partial charge < -0.3 is 9.71 Å². The lowest BCUT2D eigenvalue weighted by molar-refractivity contribution is 1.37.